The van der Waals surface area contributed by atoms with Gasteiger partial charge in [-0.05, 0) is 36.3 Å². The topological polar surface area (TPSA) is 29.1 Å². The number of thiophene rings is 1. The van der Waals surface area contributed by atoms with Gasteiger partial charge in [0, 0.05) is 42.7 Å². The Bertz CT molecular complexity index is 1380. The maximum Gasteiger partial charge on any atom is 0.347 e. The molecule has 6 heteroatoms. The van der Waals surface area contributed by atoms with Crippen LogP contribution in [0.1, 0.15) is 23.4 Å². The quantitative estimate of drug-likeness (QED) is 0.286. The van der Waals surface area contributed by atoms with Crippen molar-refractivity contribution >= 4 is 38.9 Å². The summed E-state index contributed by atoms with van der Waals surface area (Å²) in [5.74, 6) is 1.02. The van der Waals surface area contributed by atoms with Crippen molar-refractivity contribution in [1.82, 2.24) is 4.57 Å². The van der Waals surface area contributed by atoms with Gasteiger partial charge in [-0.1, -0.05) is 42.0 Å². The van der Waals surface area contributed by atoms with Crippen LogP contribution in [0.15, 0.2) is 58.7 Å². The van der Waals surface area contributed by atoms with Crippen LogP contribution >= 0.6 is 11.3 Å². The van der Waals surface area contributed by atoms with E-state index in [4.69, 9.17) is 0 Å². The lowest BCUT2D eigenvalue weighted by atomic mass is 10.0. The molecule has 0 bridgehead atoms. The first-order valence-corrected chi connectivity index (χ1v) is 11.4. The van der Waals surface area contributed by atoms with Crippen LogP contribution in [0.4, 0.5) is 5.69 Å². The molecule has 32 heavy (non-hydrogen) atoms. The molecule has 1 aliphatic heterocycles. The van der Waals surface area contributed by atoms with E-state index in [1.54, 1.807) is 11.3 Å². The number of nitrogens with zero attached hydrogens (tertiary/aromatic N) is 3. The van der Waals surface area contributed by atoms with Crippen molar-refractivity contribution < 1.29 is 28.5 Å². The van der Waals surface area contributed by atoms with Crippen LogP contribution in [0.2, 0.25) is 0 Å². The van der Waals surface area contributed by atoms with Gasteiger partial charge in [0.1, 0.15) is 5.39 Å². The molecule has 0 amide bonds. The maximum atomic E-state index is 13.5. The molecule has 5 rings (SSSR count). The first kappa shape index (κ1) is 22.7. The van der Waals surface area contributed by atoms with E-state index in [1.807, 2.05) is 18.7 Å². The summed E-state index contributed by atoms with van der Waals surface area (Å²) in [6, 6.07) is 17.0. The van der Waals surface area contributed by atoms with Crippen molar-refractivity contribution in [2.45, 2.75) is 19.9 Å². The maximum absolute atomic E-state index is 13.5. The molecule has 0 fully saturated rings. The average molecular weight is 555 g/mol. The lowest BCUT2D eigenvalue weighted by Crippen LogP contribution is -3.00. The smallest absolute Gasteiger partial charge is 0.347 e. The second-order valence-corrected chi connectivity index (χ2v) is 9.30. The molecular weight excluding hydrogens is 529 g/mol. The molecule has 4 nitrogen and oxygen atoms in total. The third kappa shape index (κ3) is 3.79. The number of anilines is 1. The van der Waals surface area contributed by atoms with E-state index < -0.39 is 0 Å². The van der Waals surface area contributed by atoms with Crippen molar-refractivity contribution in [3.05, 3.63) is 81.2 Å². The Morgan fingerprint density at radius 3 is 2.41 bits per heavy atom. The first-order chi connectivity index (χ1) is 14.9. The van der Waals surface area contributed by atoms with E-state index in [0.29, 0.717) is 0 Å². The predicted octanol–water partition coefficient (Wildman–Crippen LogP) is 1.88. The lowest BCUT2D eigenvalue weighted by Gasteiger charge is -2.12. The fourth-order valence-electron chi connectivity index (χ4n) is 4.40. The molecule has 1 aliphatic rings. The van der Waals surface area contributed by atoms with Crippen molar-refractivity contribution in [3.63, 3.8) is 0 Å². The largest absolute Gasteiger partial charge is 1.00 e. The fraction of sp³-hybridized carbons (Fsp3) is 0.231. The standard InChI is InChI=1S/C26H26N3OS.HI/c1-17-5-9-19(10-6-17)22-16-31-26-23(22)25(30)29-14-13-20(24(29)28(26)4)15-18-7-11-21(12-8-18)27(2)3;/h5-12,15-16H,13-14H2,1-4H3;1H/q+1;/p-1. The Balaban J connectivity index is 0.00000245. The van der Waals surface area contributed by atoms with Crippen molar-refractivity contribution in [3.8, 4) is 11.1 Å². The zero-order chi connectivity index (χ0) is 21.7. The van der Waals surface area contributed by atoms with E-state index in [1.165, 1.54) is 16.8 Å². The van der Waals surface area contributed by atoms with Gasteiger partial charge in [0.2, 0.25) is 0 Å². The van der Waals surface area contributed by atoms with Crippen LogP contribution in [0.25, 0.3) is 33.0 Å². The summed E-state index contributed by atoms with van der Waals surface area (Å²) in [6.07, 6.45) is 3.09. The van der Waals surface area contributed by atoms with Crippen LogP contribution < -0.4 is 39.0 Å². The molecule has 2 aromatic heterocycles. The minimum Gasteiger partial charge on any atom is -1.00 e. The Morgan fingerprint density at radius 1 is 1.06 bits per heavy atom. The number of rotatable bonds is 3. The van der Waals surface area contributed by atoms with Gasteiger partial charge in [-0.3, -0.25) is 0 Å². The molecule has 0 saturated heterocycles. The predicted molar refractivity (Wildman–Crippen MR) is 131 cm³/mol. The molecule has 4 aromatic rings. The van der Waals surface area contributed by atoms with Crippen LogP contribution in [0.5, 0.6) is 0 Å². The number of allylic oxidation sites excluding steroid dienone is 1. The molecule has 0 unspecified atom stereocenters. The fourth-order valence-corrected chi connectivity index (χ4v) is 5.45. The highest BCUT2D eigenvalue weighted by Gasteiger charge is 2.32. The van der Waals surface area contributed by atoms with Gasteiger partial charge in [0.15, 0.2) is 4.83 Å². The summed E-state index contributed by atoms with van der Waals surface area (Å²) >= 11 is 1.65. The van der Waals surface area contributed by atoms with Crippen LogP contribution in [-0.2, 0) is 13.6 Å². The third-order valence-electron chi connectivity index (χ3n) is 6.11. The highest BCUT2D eigenvalue weighted by atomic mass is 127. The molecule has 0 saturated carbocycles. The summed E-state index contributed by atoms with van der Waals surface area (Å²) in [4.78, 5) is 16.7. The average Bonchev–Trinajstić information content (AvgIpc) is 3.39. The molecule has 0 radical (unpaired) electrons. The van der Waals surface area contributed by atoms with Gasteiger partial charge < -0.3 is 28.9 Å². The number of halogens is 1. The van der Waals surface area contributed by atoms with Gasteiger partial charge >= 0.3 is 5.56 Å². The summed E-state index contributed by atoms with van der Waals surface area (Å²) in [7, 11) is 6.17. The summed E-state index contributed by atoms with van der Waals surface area (Å²) in [6.45, 7) is 2.81. The summed E-state index contributed by atoms with van der Waals surface area (Å²) in [5, 5.41) is 2.95. The Labute approximate surface area is 209 Å². The Hall–Kier alpha value is -2.45. The normalized spacial score (nSPS) is 13.9. The Kier molecular flexibility index (Phi) is 6.27. The zero-order valence-corrected chi connectivity index (χ0v) is 21.7. The van der Waals surface area contributed by atoms with Gasteiger partial charge in [-0.15, -0.1) is 11.3 Å². The SMILES string of the molecule is Cc1ccc(-c2csc3c2c(=O)n2c([n+]3C)/C(=C/c3ccc(N(C)C)cc3)CC2)cc1.[I-]. The number of benzene rings is 2. The molecule has 0 N–H and O–H groups in total. The molecular formula is C26H26IN3OS. The van der Waals surface area contributed by atoms with Crippen LogP contribution in [-0.4, -0.2) is 18.7 Å². The third-order valence-corrected chi connectivity index (χ3v) is 7.17. The van der Waals surface area contributed by atoms with E-state index in [0.717, 1.165) is 45.7 Å². The first-order valence-electron chi connectivity index (χ1n) is 10.5. The zero-order valence-electron chi connectivity index (χ0n) is 18.7. The van der Waals surface area contributed by atoms with E-state index >= 15 is 0 Å². The monoisotopic (exact) mass is 555 g/mol. The number of aryl methyl sites for hydroxylation is 2. The molecule has 3 heterocycles. The summed E-state index contributed by atoms with van der Waals surface area (Å²) < 4.78 is 4.15. The number of fused-ring (bicyclic) bond motifs is 2. The van der Waals surface area contributed by atoms with E-state index in [9.17, 15) is 4.79 Å². The molecule has 2 aromatic carbocycles. The van der Waals surface area contributed by atoms with Gasteiger partial charge in [-0.25, -0.2) is 9.36 Å². The van der Waals surface area contributed by atoms with Crippen LogP contribution in [0, 0.1) is 6.92 Å². The molecule has 164 valence electrons. The molecule has 0 spiro atoms. The van der Waals surface area contributed by atoms with Crippen molar-refractivity contribution in [1.29, 1.82) is 0 Å². The second-order valence-electron chi connectivity index (χ2n) is 8.44. The number of hydrogen-bond acceptors (Lipinski definition) is 3. The number of hydrogen-bond donors (Lipinski definition) is 0. The molecule has 0 atom stereocenters. The van der Waals surface area contributed by atoms with Gasteiger partial charge in [-0.2, -0.15) is 4.57 Å². The number of aromatic nitrogens is 2. The highest BCUT2D eigenvalue weighted by molar-refractivity contribution is 7.16. The van der Waals surface area contributed by atoms with E-state index in [2.05, 4.69) is 83.4 Å². The van der Waals surface area contributed by atoms with Gasteiger partial charge in [0.05, 0.1) is 13.6 Å². The minimum atomic E-state index is 0. The minimum absolute atomic E-state index is 0. The van der Waals surface area contributed by atoms with Gasteiger partial charge in [0.25, 0.3) is 5.82 Å². The van der Waals surface area contributed by atoms with Crippen molar-refractivity contribution in [2.24, 2.45) is 7.05 Å². The van der Waals surface area contributed by atoms with E-state index in [-0.39, 0.29) is 29.5 Å². The summed E-state index contributed by atoms with van der Waals surface area (Å²) in [5.41, 5.74) is 7.03. The van der Waals surface area contributed by atoms with Crippen molar-refractivity contribution in [2.75, 3.05) is 19.0 Å². The molecule has 0 aliphatic carbocycles. The Morgan fingerprint density at radius 2 is 1.75 bits per heavy atom. The second kappa shape index (κ2) is 8.83. The lowest BCUT2D eigenvalue weighted by molar-refractivity contribution is -0.649. The highest BCUT2D eigenvalue weighted by Crippen LogP contribution is 2.33. The van der Waals surface area contributed by atoms with Crippen LogP contribution in [0.3, 0.4) is 0 Å².